The molecule has 1 aromatic carbocycles. The Balaban J connectivity index is 1.47. The van der Waals surface area contributed by atoms with Crippen molar-refractivity contribution in [1.29, 1.82) is 0 Å². The standard InChI is InChI=1S/C18H18N4O3S/c23-16(13-4-1-2-8-19-13)20-11-6-7-12-15(10-11)26-18(21-12)22-17(24)14-5-3-9-25-14/h3,5-7,9-10,13,19H,1-2,4,8H2,(H,20,23)(H,21,22,24). The second-order valence-corrected chi connectivity index (χ2v) is 7.16. The third kappa shape index (κ3) is 3.61. The highest BCUT2D eigenvalue weighted by atomic mass is 32.1. The van der Waals surface area contributed by atoms with Crippen molar-refractivity contribution < 1.29 is 14.0 Å². The first kappa shape index (κ1) is 16.7. The summed E-state index contributed by atoms with van der Waals surface area (Å²) in [7, 11) is 0. The van der Waals surface area contributed by atoms with Crippen LogP contribution in [0.2, 0.25) is 0 Å². The average molecular weight is 370 g/mol. The molecule has 0 bridgehead atoms. The van der Waals surface area contributed by atoms with Gasteiger partial charge in [-0.2, -0.15) is 0 Å². The molecule has 1 atom stereocenters. The maximum atomic E-state index is 12.3. The van der Waals surface area contributed by atoms with Gasteiger partial charge in [0.1, 0.15) is 0 Å². The zero-order valence-corrected chi connectivity index (χ0v) is 14.8. The van der Waals surface area contributed by atoms with Crippen molar-refractivity contribution in [1.82, 2.24) is 10.3 Å². The predicted molar refractivity (Wildman–Crippen MR) is 101 cm³/mol. The van der Waals surface area contributed by atoms with Gasteiger partial charge < -0.3 is 15.1 Å². The van der Waals surface area contributed by atoms with E-state index in [4.69, 9.17) is 4.42 Å². The Morgan fingerprint density at radius 1 is 1.23 bits per heavy atom. The molecule has 1 fully saturated rings. The largest absolute Gasteiger partial charge is 0.459 e. The Morgan fingerprint density at radius 3 is 2.92 bits per heavy atom. The van der Waals surface area contributed by atoms with Crippen LogP contribution in [-0.2, 0) is 4.79 Å². The number of carbonyl (C=O) groups is 2. The highest BCUT2D eigenvalue weighted by Crippen LogP contribution is 2.29. The molecule has 134 valence electrons. The third-order valence-electron chi connectivity index (χ3n) is 4.25. The van der Waals surface area contributed by atoms with Gasteiger partial charge in [0, 0.05) is 5.69 Å². The molecule has 0 radical (unpaired) electrons. The van der Waals surface area contributed by atoms with Crippen molar-refractivity contribution in [3.05, 3.63) is 42.4 Å². The molecule has 8 heteroatoms. The van der Waals surface area contributed by atoms with Crippen LogP contribution >= 0.6 is 11.3 Å². The molecule has 1 aliphatic rings. The van der Waals surface area contributed by atoms with Gasteiger partial charge in [0.25, 0.3) is 5.91 Å². The van der Waals surface area contributed by atoms with Crippen molar-refractivity contribution in [3.63, 3.8) is 0 Å². The summed E-state index contributed by atoms with van der Waals surface area (Å²) < 4.78 is 5.96. The van der Waals surface area contributed by atoms with Gasteiger partial charge in [-0.1, -0.05) is 17.8 Å². The third-order valence-corrected chi connectivity index (χ3v) is 5.18. The number of hydrogen-bond donors (Lipinski definition) is 3. The molecule has 0 saturated carbocycles. The van der Waals surface area contributed by atoms with Gasteiger partial charge >= 0.3 is 0 Å². The predicted octanol–water partition coefficient (Wildman–Crippen LogP) is 3.22. The summed E-state index contributed by atoms with van der Waals surface area (Å²) in [6, 6.07) is 8.64. The first-order valence-electron chi connectivity index (χ1n) is 8.49. The number of thiazole rings is 1. The molecule has 3 N–H and O–H groups in total. The van der Waals surface area contributed by atoms with Crippen LogP contribution in [0, 0.1) is 0 Å². The number of fused-ring (bicyclic) bond motifs is 1. The second-order valence-electron chi connectivity index (χ2n) is 6.12. The lowest BCUT2D eigenvalue weighted by Gasteiger charge is -2.22. The van der Waals surface area contributed by atoms with Crippen LogP contribution in [0.1, 0.15) is 29.8 Å². The van der Waals surface area contributed by atoms with Gasteiger partial charge in [0.15, 0.2) is 10.9 Å². The van der Waals surface area contributed by atoms with E-state index in [2.05, 4.69) is 20.9 Å². The van der Waals surface area contributed by atoms with E-state index in [0.717, 1.165) is 41.7 Å². The molecular weight excluding hydrogens is 352 g/mol. The van der Waals surface area contributed by atoms with Gasteiger partial charge in [-0.25, -0.2) is 4.98 Å². The Morgan fingerprint density at radius 2 is 2.15 bits per heavy atom. The monoisotopic (exact) mass is 370 g/mol. The summed E-state index contributed by atoms with van der Waals surface area (Å²) in [5.74, 6) is -0.122. The minimum atomic E-state index is -0.342. The number of piperidine rings is 1. The lowest BCUT2D eigenvalue weighted by molar-refractivity contribution is -0.118. The normalized spacial score (nSPS) is 17.2. The molecule has 2 amide bonds. The number of anilines is 2. The van der Waals surface area contributed by atoms with Gasteiger partial charge in [-0.15, -0.1) is 0 Å². The van der Waals surface area contributed by atoms with Gasteiger partial charge in [0.05, 0.1) is 22.5 Å². The smallest absolute Gasteiger partial charge is 0.293 e. The lowest BCUT2D eigenvalue weighted by atomic mass is 10.0. The number of hydrogen-bond acceptors (Lipinski definition) is 6. The van der Waals surface area contributed by atoms with E-state index < -0.39 is 0 Å². The van der Waals surface area contributed by atoms with Crippen molar-refractivity contribution in [2.75, 3.05) is 17.2 Å². The highest BCUT2D eigenvalue weighted by Gasteiger charge is 2.20. The molecule has 0 aliphatic carbocycles. The van der Waals surface area contributed by atoms with Gasteiger partial charge in [-0.05, 0) is 49.7 Å². The Kier molecular flexibility index (Phi) is 4.68. The maximum Gasteiger partial charge on any atom is 0.293 e. The lowest BCUT2D eigenvalue weighted by Crippen LogP contribution is -2.43. The van der Waals surface area contributed by atoms with E-state index in [1.165, 1.54) is 17.6 Å². The molecule has 1 saturated heterocycles. The summed E-state index contributed by atoms with van der Waals surface area (Å²) in [6.45, 7) is 0.880. The van der Waals surface area contributed by atoms with Crippen molar-refractivity contribution >= 4 is 44.2 Å². The number of rotatable bonds is 4. The van der Waals surface area contributed by atoms with Gasteiger partial charge in [-0.3, -0.25) is 14.9 Å². The summed E-state index contributed by atoms with van der Waals surface area (Å²) in [5.41, 5.74) is 1.49. The van der Waals surface area contributed by atoms with Crippen LogP contribution in [0.25, 0.3) is 10.2 Å². The molecule has 26 heavy (non-hydrogen) atoms. The molecule has 3 heterocycles. The average Bonchev–Trinajstić information content (AvgIpc) is 3.31. The fourth-order valence-corrected chi connectivity index (χ4v) is 3.83. The van der Waals surface area contributed by atoms with E-state index in [-0.39, 0.29) is 23.6 Å². The Hall–Kier alpha value is -2.71. The zero-order chi connectivity index (χ0) is 17.9. The van der Waals surface area contributed by atoms with Crippen LogP contribution in [0.5, 0.6) is 0 Å². The number of benzene rings is 1. The number of nitrogens with one attached hydrogen (secondary N) is 3. The van der Waals surface area contributed by atoms with E-state index >= 15 is 0 Å². The number of carbonyl (C=O) groups excluding carboxylic acids is 2. The van der Waals surface area contributed by atoms with Crippen LogP contribution in [0.4, 0.5) is 10.8 Å². The fourth-order valence-electron chi connectivity index (χ4n) is 2.93. The van der Waals surface area contributed by atoms with E-state index in [0.29, 0.717) is 5.13 Å². The number of amides is 2. The molecular formula is C18H18N4O3S. The van der Waals surface area contributed by atoms with Crippen molar-refractivity contribution in [2.24, 2.45) is 0 Å². The Labute approximate surface area is 153 Å². The molecule has 4 rings (SSSR count). The fraction of sp³-hybridized carbons (Fsp3) is 0.278. The summed E-state index contributed by atoms with van der Waals surface area (Å²) in [4.78, 5) is 28.8. The number of furan rings is 1. The van der Waals surface area contributed by atoms with E-state index in [1.54, 1.807) is 12.1 Å². The van der Waals surface area contributed by atoms with E-state index in [9.17, 15) is 9.59 Å². The first-order valence-corrected chi connectivity index (χ1v) is 9.30. The molecule has 0 spiro atoms. The van der Waals surface area contributed by atoms with Crippen LogP contribution in [0.15, 0.2) is 41.0 Å². The molecule has 7 nitrogen and oxygen atoms in total. The molecule has 1 unspecified atom stereocenters. The van der Waals surface area contributed by atoms with E-state index in [1.807, 2.05) is 18.2 Å². The molecule has 3 aromatic rings. The zero-order valence-electron chi connectivity index (χ0n) is 14.0. The second kappa shape index (κ2) is 7.27. The summed E-state index contributed by atoms with van der Waals surface area (Å²) >= 11 is 1.35. The maximum absolute atomic E-state index is 12.3. The van der Waals surface area contributed by atoms with Crippen LogP contribution < -0.4 is 16.0 Å². The highest BCUT2D eigenvalue weighted by molar-refractivity contribution is 7.22. The first-order chi connectivity index (χ1) is 12.7. The van der Waals surface area contributed by atoms with Crippen LogP contribution in [0.3, 0.4) is 0 Å². The minimum Gasteiger partial charge on any atom is -0.459 e. The van der Waals surface area contributed by atoms with Gasteiger partial charge in [0.2, 0.25) is 5.91 Å². The quantitative estimate of drug-likeness (QED) is 0.655. The molecule has 2 aromatic heterocycles. The molecule has 1 aliphatic heterocycles. The number of nitrogens with zero attached hydrogens (tertiary/aromatic N) is 1. The minimum absolute atomic E-state index is 0.0140. The summed E-state index contributed by atoms with van der Waals surface area (Å²) in [6.07, 6.45) is 4.49. The SMILES string of the molecule is O=C(Nc1nc2ccc(NC(=O)C3CCCCN3)cc2s1)c1ccco1. The van der Waals surface area contributed by atoms with Crippen molar-refractivity contribution in [2.45, 2.75) is 25.3 Å². The van der Waals surface area contributed by atoms with Crippen molar-refractivity contribution in [3.8, 4) is 0 Å². The Bertz CT molecular complexity index is 929. The summed E-state index contributed by atoms with van der Waals surface area (Å²) in [5, 5.41) is 9.40. The van der Waals surface area contributed by atoms with Crippen LogP contribution in [-0.4, -0.2) is 29.4 Å². The number of aromatic nitrogens is 1. The topological polar surface area (TPSA) is 96.3 Å².